The van der Waals surface area contributed by atoms with Crippen LogP contribution in [0.5, 0.6) is 0 Å². The van der Waals surface area contributed by atoms with Crippen LogP contribution in [0.25, 0.3) is 0 Å². The van der Waals surface area contributed by atoms with Crippen LogP contribution in [-0.2, 0) is 0 Å². The molecule has 2 aromatic carbocycles. The average molecular weight is 336 g/mol. The summed E-state index contributed by atoms with van der Waals surface area (Å²) >= 11 is 24.7. The summed E-state index contributed by atoms with van der Waals surface area (Å²) < 4.78 is 0. The highest BCUT2D eigenvalue weighted by molar-refractivity contribution is 7.35. The zero-order valence-corrected chi connectivity index (χ0v) is 13.4. The number of rotatable bonds is 3. The second-order valence-corrected chi connectivity index (χ2v) is 10.6. The lowest BCUT2D eigenvalue weighted by molar-refractivity contribution is 1.70. The summed E-state index contributed by atoms with van der Waals surface area (Å²) in [4.78, 5) is 0. The van der Waals surface area contributed by atoms with Crippen molar-refractivity contribution in [3.8, 4) is 0 Å². The lowest BCUT2D eigenvalue weighted by Gasteiger charge is -2.23. The summed E-state index contributed by atoms with van der Waals surface area (Å²) in [5.74, 6) is 0. The lowest BCUT2D eigenvalue weighted by atomic mass is 10.4. The van der Waals surface area contributed by atoms with Gasteiger partial charge in [-0.25, -0.2) is 0 Å². The topological polar surface area (TPSA) is 0 Å². The van der Waals surface area contributed by atoms with E-state index in [1.54, 1.807) is 0 Å². The van der Waals surface area contributed by atoms with Gasteiger partial charge in [-0.3, -0.25) is 0 Å². The van der Waals surface area contributed by atoms with Gasteiger partial charge in [-0.2, -0.15) is 11.1 Å². The first-order valence-corrected chi connectivity index (χ1v) is 9.84. The molecule has 0 unspecified atom stereocenters. The van der Waals surface area contributed by atoms with Crippen LogP contribution < -0.4 is 10.4 Å². The second kappa shape index (κ2) is 5.85. The maximum atomic E-state index is 6.80. The highest BCUT2D eigenvalue weighted by Crippen LogP contribution is 2.16. The molecule has 0 amide bonds. The summed E-state index contributed by atoms with van der Waals surface area (Å²) in [6, 6.07) is 15.1. The zero-order chi connectivity index (χ0) is 13.2. The van der Waals surface area contributed by atoms with Crippen molar-refractivity contribution in [2.75, 3.05) is 5.50 Å². The molecule has 2 rings (SSSR count). The second-order valence-electron chi connectivity index (χ2n) is 3.95. The molecule has 0 nitrogen and oxygen atoms in total. The van der Waals surface area contributed by atoms with Gasteiger partial charge in [0, 0.05) is 15.5 Å². The van der Waals surface area contributed by atoms with Crippen LogP contribution in [0.15, 0.2) is 48.5 Å². The van der Waals surface area contributed by atoms with E-state index in [2.05, 4.69) is 0 Å². The van der Waals surface area contributed by atoms with Gasteiger partial charge in [0.2, 0.25) is 7.38 Å². The summed E-state index contributed by atoms with van der Waals surface area (Å²) in [5, 5.41) is 3.48. The Morgan fingerprint density at radius 3 is 1.33 bits per heavy atom. The van der Waals surface area contributed by atoms with E-state index in [0.29, 0.717) is 15.5 Å². The Hall–Kier alpha value is -0.183. The fraction of sp³-hybridized carbons (Fsp3) is 0.0769. The minimum absolute atomic E-state index is 0.401. The molecule has 0 fully saturated rings. The molecule has 5 heteroatoms. The summed E-state index contributed by atoms with van der Waals surface area (Å²) in [6.45, 7) is 0. The van der Waals surface area contributed by atoms with Crippen molar-refractivity contribution in [3.05, 3.63) is 58.6 Å². The first-order chi connectivity index (χ1) is 8.56. The molecule has 0 spiro atoms. The maximum Gasteiger partial charge on any atom is 0.231 e. The molecule has 0 radical (unpaired) electrons. The van der Waals surface area contributed by atoms with Crippen LogP contribution in [0.4, 0.5) is 0 Å². The monoisotopic (exact) mass is 334 g/mol. The molecule has 18 heavy (non-hydrogen) atoms. The lowest BCUT2D eigenvalue weighted by Crippen LogP contribution is -2.55. The van der Waals surface area contributed by atoms with E-state index in [-0.39, 0.29) is 0 Å². The number of hydrogen-bond donors (Lipinski definition) is 0. The molecule has 0 aliphatic carbocycles. The van der Waals surface area contributed by atoms with E-state index in [1.165, 1.54) is 0 Å². The molecular weight excluding hydrogens is 326 g/mol. The van der Waals surface area contributed by atoms with Gasteiger partial charge in [0.15, 0.2) is 0 Å². The van der Waals surface area contributed by atoms with Crippen molar-refractivity contribution in [2.24, 2.45) is 0 Å². The van der Waals surface area contributed by atoms with E-state index < -0.39 is 7.38 Å². The molecule has 0 N–H and O–H groups in total. The first kappa shape index (κ1) is 14.2. The number of alkyl halides is 1. The number of halogens is 4. The Morgan fingerprint density at radius 2 is 1.06 bits per heavy atom. The van der Waals surface area contributed by atoms with Gasteiger partial charge in [0.1, 0.15) is 0 Å². The fourth-order valence-electron chi connectivity index (χ4n) is 1.75. The Morgan fingerprint density at radius 1 is 0.722 bits per heavy atom. The molecule has 0 heterocycles. The minimum Gasteiger partial charge on any atom is -0.154 e. The third-order valence-corrected chi connectivity index (χ3v) is 9.48. The molecule has 0 saturated heterocycles. The summed E-state index contributed by atoms with van der Waals surface area (Å²) in [5.41, 5.74) is 0.401. The molecule has 0 bridgehead atoms. The standard InChI is InChI=1S/C13H10Cl4Si/c14-9-18(17,12-5-1-10(15)2-6-12)13-7-3-11(16)4-8-13/h1-8H,9H2. The smallest absolute Gasteiger partial charge is 0.154 e. The predicted octanol–water partition coefficient (Wildman–Crippen LogP) is 4.07. The van der Waals surface area contributed by atoms with Gasteiger partial charge in [-0.1, -0.05) is 47.5 Å². The van der Waals surface area contributed by atoms with Gasteiger partial charge in [0.25, 0.3) is 0 Å². The van der Waals surface area contributed by atoms with Crippen LogP contribution in [0.3, 0.4) is 0 Å². The van der Waals surface area contributed by atoms with Crippen molar-refractivity contribution in [1.82, 2.24) is 0 Å². The van der Waals surface area contributed by atoms with Gasteiger partial charge in [-0.05, 0) is 34.6 Å². The van der Waals surface area contributed by atoms with E-state index in [0.717, 1.165) is 10.4 Å². The quantitative estimate of drug-likeness (QED) is 0.450. The molecule has 94 valence electrons. The summed E-state index contributed by atoms with van der Waals surface area (Å²) in [7, 11) is -2.40. The van der Waals surface area contributed by atoms with E-state index in [4.69, 9.17) is 45.9 Å². The van der Waals surface area contributed by atoms with Crippen molar-refractivity contribution in [1.29, 1.82) is 0 Å². The summed E-state index contributed by atoms with van der Waals surface area (Å²) in [6.07, 6.45) is 0. The van der Waals surface area contributed by atoms with Crippen molar-refractivity contribution < 1.29 is 0 Å². The highest BCUT2D eigenvalue weighted by atomic mass is 35.6. The third kappa shape index (κ3) is 2.86. The van der Waals surface area contributed by atoms with Crippen LogP contribution in [0.1, 0.15) is 0 Å². The van der Waals surface area contributed by atoms with Gasteiger partial charge >= 0.3 is 0 Å². The average Bonchev–Trinajstić information content (AvgIpc) is 2.39. The van der Waals surface area contributed by atoms with E-state index in [9.17, 15) is 0 Å². The SMILES string of the molecule is ClC[Si](Cl)(c1ccc(Cl)cc1)c1ccc(Cl)cc1. The first-order valence-electron chi connectivity index (χ1n) is 5.33. The molecule has 0 atom stereocenters. The number of benzene rings is 2. The van der Waals surface area contributed by atoms with Crippen LogP contribution in [0.2, 0.25) is 10.0 Å². The van der Waals surface area contributed by atoms with Crippen LogP contribution >= 0.6 is 45.9 Å². The van der Waals surface area contributed by atoms with Crippen LogP contribution in [0, 0.1) is 0 Å². The zero-order valence-electron chi connectivity index (χ0n) is 9.34. The van der Waals surface area contributed by atoms with Gasteiger partial charge < -0.3 is 0 Å². The predicted molar refractivity (Wildman–Crippen MR) is 84.5 cm³/mol. The Bertz CT molecular complexity index is 476. The maximum absolute atomic E-state index is 6.80. The van der Waals surface area contributed by atoms with Gasteiger partial charge in [-0.15, -0.1) is 11.6 Å². The Balaban J connectivity index is 2.47. The van der Waals surface area contributed by atoms with Gasteiger partial charge in [0.05, 0.1) is 0 Å². The molecule has 0 aliphatic rings. The molecule has 0 aliphatic heterocycles. The normalized spacial score (nSPS) is 11.6. The van der Waals surface area contributed by atoms with Crippen molar-refractivity contribution in [3.63, 3.8) is 0 Å². The molecule has 0 saturated carbocycles. The number of hydrogen-bond acceptors (Lipinski definition) is 0. The molecular formula is C13H10Cl4Si. The van der Waals surface area contributed by atoms with Crippen LogP contribution in [-0.4, -0.2) is 12.9 Å². The minimum atomic E-state index is -2.40. The fourth-order valence-corrected chi connectivity index (χ4v) is 5.71. The third-order valence-electron chi connectivity index (χ3n) is 2.79. The highest BCUT2D eigenvalue weighted by Gasteiger charge is 2.34. The largest absolute Gasteiger partial charge is 0.231 e. The van der Waals surface area contributed by atoms with E-state index in [1.807, 2.05) is 48.5 Å². The van der Waals surface area contributed by atoms with E-state index >= 15 is 0 Å². The van der Waals surface area contributed by atoms with Crippen molar-refractivity contribution >= 4 is 63.6 Å². The Kier molecular flexibility index (Phi) is 4.63. The Labute approximate surface area is 127 Å². The molecule has 2 aromatic rings. The van der Waals surface area contributed by atoms with Crippen molar-refractivity contribution in [2.45, 2.75) is 0 Å². The molecule has 0 aromatic heterocycles.